The monoisotopic (exact) mass is 329 g/mol. The number of amides is 1. The summed E-state index contributed by atoms with van der Waals surface area (Å²) in [7, 11) is 1.96. The molecule has 0 spiro atoms. The van der Waals surface area contributed by atoms with Crippen molar-refractivity contribution in [2.24, 2.45) is 0 Å². The average molecular weight is 330 g/mol. The molecule has 1 fully saturated rings. The summed E-state index contributed by atoms with van der Waals surface area (Å²) < 4.78 is 0. The fourth-order valence-corrected chi connectivity index (χ4v) is 3.06. The smallest absolute Gasteiger partial charge is 0.298 e. The molecule has 1 saturated heterocycles. The molecule has 0 aliphatic carbocycles. The van der Waals surface area contributed by atoms with Gasteiger partial charge in [0, 0.05) is 0 Å². The van der Waals surface area contributed by atoms with E-state index in [4.69, 9.17) is 23.2 Å². The Morgan fingerprint density at radius 3 is 2.57 bits per heavy atom. The number of likely N-dealkylation sites (tertiary alicyclic amines) is 1. The number of carbonyl (C=O) groups is 1. The van der Waals surface area contributed by atoms with Crippen molar-refractivity contribution in [2.45, 2.75) is 32.2 Å². The minimum atomic E-state index is 0.195. The average Bonchev–Trinajstić information content (AvgIpc) is 2.94. The van der Waals surface area contributed by atoms with Crippen molar-refractivity contribution >= 4 is 29.1 Å². The predicted octanol–water partition coefficient (Wildman–Crippen LogP) is 2.06. The molecular weight excluding hydrogens is 307 g/mol. The van der Waals surface area contributed by atoms with Gasteiger partial charge in [0.15, 0.2) is 0 Å². The van der Waals surface area contributed by atoms with Crippen LogP contribution in [0.4, 0.5) is 0 Å². The molecule has 1 heterocycles. The summed E-state index contributed by atoms with van der Waals surface area (Å²) in [4.78, 5) is 15.8. The molecule has 2 atom stereocenters. The number of quaternary nitrogens is 1. The van der Waals surface area contributed by atoms with Crippen molar-refractivity contribution in [1.29, 1.82) is 0 Å². The van der Waals surface area contributed by atoms with Crippen LogP contribution in [0, 0.1) is 0 Å². The highest BCUT2D eigenvalue weighted by Gasteiger charge is 2.25. The summed E-state index contributed by atoms with van der Waals surface area (Å²) in [5.74, 6) is 0.195. The van der Waals surface area contributed by atoms with Gasteiger partial charge in [-0.15, -0.1) is 0 Å². The maximum absolute atomic E-state index is 12.4. The lowest BCUT2D eigenvalue weighted by atomic mass is 10.1. The highest BCUT2D eigenvalue weighted by atomic mass is 35.5. The van der Waals surface area contributed by atoms with Gasteiger partial charge in [0.25, 0.3) is 0 Å². The van der Waals surface area contributed by atoms with Crippen molar-refractivity contribution in [3.8, 4) is 0 Å². The third kappa shape index (κ3) is 4.68. The molecular formula is C16H23Cl2N2O+. The lowest BCUT2D eigenvalue weighted by Gasteiger charge is -2.24. The number of likely N-dealkylation sites (N-methyl/N-ethyl adjacent to an activating group) is 1. The van der Waals surface area contributed by atoms with E-state index < -0.39 is 0 Å². The van der Waals surface area contributed by atoms with Crippen molar-refractivity contribution in [3.63, 3.8) is 0 Å². The molecule has 116 valence electrons. The number of hydrogen-bond acceptors (Lipinski definition) is 2. The second-order valence-corrected chi connectivity index (χ2v) is 6.75. The van der Waals surface area contributed by atoms with Crippen LogP contribution in [-0.2, 0) is 11.2 Å². The SMILES string of the molecule is C[C@H](CN1CCCC1)[NH+](C)C(=O)Cc1ccc(Cl)c(Cl)c1. The van der Waals surface area contributed by atoms with Crippen LogP contribution in [0.25, 0.3) is 0 Å². The number of hydrogen-bond donors (Lipinski definition) is 1. The first-order chi connectivity index (χ1) is 9.97. The fraction of sp³-hybridized carbons (Fsp3) is 0.562. The number of nitrogens with zero attached hydrogens (tertiary/aromatic N) is 1. The van der Waals surface area contributed by atoms with Crippen LogP contribution < -0.4 is 4.90 Å². The fourth-order valence-electron chi connectivity index (χ4n) is 2.74. The molecule has 1 aliphatic rings. The standard InChI is InChI=1S/C16H22Cl2N2O/c1-12(11-20-7-3-4-8-20)19(2)16(21)10-13-5-6-14(17)15(18)9-13/h5-6,9,12H,3-4,7-8,10-11H2,1-2H3/p+1/t12-/m1/s1. The van der Waals surface area contributed by atoms with E-state index in [1.54, 1.807) is 12.1 Å². The Hall–Kier alpha value is -0.610. The van der Waals surface area contributed by atoms with Gasteiger partial charge >= 0.3 is 5.91 Å². The van der Waals surface area contributed by atoms with Gasteiger partial charge in [-0.1, -0.05) is 29.3 Å². The van der Waals surface area contributed by atoms with Gasteiger partial charge in [-0.25, -0.2) is 4.79 Å². The third-order valence-corrected chi connectivity index (χ3v) is 5.00. The molecule has 0 saturated carbocycles. The predicted molar refractivity (Wildman–Crippen MR) is 87.2 cm³/mol. The first kappa shape index (κ1) is 16.8. The van der Waals surface area contributed by atoms with Crippen LogP contribution in [0.1, 0.15) is 25.3 Å². The minimum absolute atomic E-state index is 0.195. The van der Waals surface area contributed by atoms with Crippen molar-refractivity contribution in [2.75, 3.05) is 26.7 Å². The summed E-state index contributed by atoms with van der Waals surface area (Å²) in [5.41, 5.74) is 0.919. The molecule has 3 nitrogen and oxygen atoms in total. The molecule has 1 unspecified atom stereocenters. The van der Waals surface area contributed by atoms with Gasteiger partial charge in [-0.05, 0) is 50.6 Å². The number of carbonyl (C=O) groups excluding carboxylic acids is 1. The molecule has 1 aliphatic heterocycles. The van der Waals surface area contributed by atoms with E-state index in [9.17, 15) is 4.79 Å². The van der Waals surface area contributed by atoms with Gasteiger partial charge in [0.2, 0.25) is 0 Å². The lowest BCUT2D eigenvalue weighted by Crippen LogP contribution is -3.16. The molecule has 0 bridgehead atoms. The van der Waals surface area contributed by atoms with Crippen molar-refractivity contribution < 1.29 is 9.69 Å². The molecule has 1 aromatic carbocycles. The van der Waals surface area contributed by atoms with E-state index >= 15 is 0 Å². The molecule has 1 aromatic rings. The van der Waals surface area contributed by atoms with Crippen LogP contribution in [0.5, 0.6) is 0 Å². The highest BCUT2D eigenvalue weighted by Crippen LogP contribution is 2.22. The number of rotatable bonds is 5. The van der Waals surface area contributed by atoms with Crippen LogP contribution in [0.2, 0.25) is 10.0 Å². The first-order valence-electron chi connectivity index (χ1n) is 7.50. The van der Waals surface area contributed by atoms with Gasteiger partial charge in [0.05, 0.1) is 30.1 Å². The van der Waals surface area contributed by atoms with E-state index in [1.165, 1.54) is 25.9 Å². The van der Waals surface area contributed by atoms with E-state index in [0.717, 1.165) is 17.0 Å². The van der Waals surface area contributed by atoms with E-state index in [1.807, 2.05) is 13.1 Å². The molecule has 1 amide bonds. The molecule has 0 radical (unpaired) electrons. The number of nitrogens with one attached hydrogen (secondary N) is 1. The van der Waals surface area contributed by atoms with Crippen molar-refractivity contribution in [3.05, 3.63) is 33.8 Å². The Morgan fingerprint density at radius 2 is 1.95 bits per heavy atom. The molecule has 1 N–H and O–H groups in total. The number of halogens is 2. The zero-order valence-corrected chi connectivity index (χ0v) is 14.2. The van der Waals surface area contributed by atoms with Crippen LogP contribution in [-0.4, -0.2) is 43.5 Å². The van der Waals surface area contributed by atoms with Crippen molar-refractivity contribution in [1.82, 2.24) is 4.90 Å². The first-order valence-corrected chi connectivity index (χ1v) is 8.26. The second-order valence-electron chi connectivity index (χ2n) is 5.94. The summed E-state index contributed by atoms with van der Waals surface area (Å²) in [6, 6.07) is 5.69. The Morgan fingerprint density at radius 1 is 1.29 bits per heavy atom. The minimum Gasteiger partial charge on any atom is -0.298 e. The van der Waals surface area contributed by atoms with Gasteiger partial charge < -0.3 is 0 Å². The summed E-state index contributed by atoms with van der Waals surface area (Å²) in [6.45, 7) is 5.45. The Balaban J connectivity index is 1.90. The quantitative estimate of drug-likeness (QED) is 0.894. The van der Waals surface area contributed by atoms with Gasteiger partial charge in [-0.3, -0.25) is 9.80 Å². The lowest BCUT2D eigenvalue weighted by molar-refractivity contribution is -0.824. The van der Waals surface area contributed by atoms with Gasteiger partial charge in [-0.2, -0.15) is 0 Å². The third-order valence-electron chi connectivity index (χ3n) is 4.26. The Labute approximate surface area is 136 Å². The molecule has 21 heavy (non-hydrogen) atoms. The molecule has 5 heteroatoms. The molecule has 2 rings (SSSR count). The number of benzene rings is 1. The summed E-state index contributed by atoms with van der Waals surface area (Å²) in [6.07, 6.45) is 2.96. The maximum atomic E-state index is 12.4. The highest BCUT2D eigenvalue weighted by molar-refractivity contribution is 6.42. The second kappa shape index (κ2) is 7.59. The summed E-state index contributed by atoms with van der Waals surface area (Å²) >= 11 is 11.9. The largest absolute Gasteiger partial charge is 0.316 e. The summed E-state index contributed by atoms with van der Waals surface area (Å²) in [5, 5.41) is 1.03. The van der Waals surface area contributed by atoms with E-state index in [-0.39, 0.29) is 5.91 Å². The van der Waals surface area contributed by atoms with Crippen LogP contribution in [0.3, 0.4) is 0 Å². The van der Waals surface area contributed by atoms with Crippen LogP contribution >= 0.6 is 23.2 Å². The van der Waals surface area contributed by atoms with Crippen LogP contribution in [0.15, 0.2) is 18.2 Å². The van der Waals surface area contributed by atoms with E-state index in [2.05, 4.69) is 11.8 Å². The zero-order valence-electron chi connectivity index (χ0n) is 12.7. The molecule has 0 aromatic heterocycles. The Bertz CT molecular complexity index is 501. The maximum Gasteiger partial charge on any atom is 0.316 e. The topological polar surface area (TPSA) is 24.8 Å². The van der Waals surface area contributed by atoms with E-state index in [0.29, 0.717) is 22.5 Å². The normalized spacial score (nSPS) is 18.7. The Kier molecular flexibility index (Phi) is 6.06. The zero-order chi connectivity index (χ0) is 15.4. The van der Waals surface area contributed by atoms with Gasteiger partial charge in [0.1, 0.15) is 6.04 Å².